The van der Waals surface area contributed by atoms with E-state index in [9.17, 15) is 0 Å². The maximum atomic E-state index is 5.87. The highest BCUT2D eigenvalue weighted by Crippen LogP contribution is 2.41. The standard InChI is InChI=1S/C20H25BrO2/c1-20(2,3)19(23-5)18-11-14(13-21)9-10-17(18)15-7-6-8-16(12-15)22-4/h6-12,19H,13H2,1-5H3/t19-/m1/s1. The minimum absolute atomic E-state index is 0.00724. The first-order valence-corrected chi connectivity index (χ1v) is 8.89. The van der Waals surface area contributed by atoms with Crippen LogP contribution < -0.4 is 4.74 Å². The molecule has 0 fully saturated rings. The van der Waals surface area contributed by atoms with Gasteiger partial charge in [0.15, 0.2) is 0 Å². The first-order chi connectivity index (χ1) is 10.9. The third-order valence-electron chi connectivity index (χ3n) is 3.96. The minimum Gasteiger partial charge on any atom is -0.497 e. The van der Waals surface area contributed by atoms with Crippen LogP contribution in [-0.4, -0.2) is 14.2 Å². The predicted octanol–water partition coefficient (Wildman–Crippen LogP) is 5.99. The van der Waals surface area contributed by atoms with Crippen LogP contribution in [0.4, 0.5) is 0 Å². The van der Waals surface area contributed by atoms with E-state index in [2.05, 4.69) is 67.0 Å². The Bertz CT molecular complexity index is 659. The molecule has 0 radical (unpaired) electrons. The van der Waals surface area contributed by atoms with Gasteiger partial charge in [-0.3, -0.25) is 0 Å². The van der Waals surface area contributed by atoms with Crippen molar-refractivity contribution in [1.29, 1.82) is 0 Å². The van der Waals surface area contributed by atoms with E-state index < -0.39 is 0 Å². The SMILES string of the molecule is COc1cccc(-c2ccc(CBr)cc2[C@@H](OC)C(C)(C)C)c1. The van der Waals surface area contributed by atoms with Crippen LogP contribution >= 0.6 is 15.9 Å². The van der Waals surface area contributed by atoms with Gasteiger partial charge in [0.2, 0.25) is 0 Å². The molecule has 0 heterocycles. The average Bonchev–Trinajstić information content (AvgIpc) is 2.54. The van der Waals surface area contributed by atoms with E-state index in [4.69, 9.17) is 9.47 Å². The molecule has 124 valence electrons. The molecular weight excluding hydrogens is 352 g/mol. The second-order valence-corrected chi connectivity index (χ2v) is 7.33. The Morgan fingerprint density at radius 3 is 2.35 bits per heavy atom. The zero-order valence-corrected chi connectivity index (χ0v) is 16.1. The number of hydrogen-bond donors (Lipinski definition) is 0. The molecule has 0 aliphatic heterocycles. The Balaban J connectivity index is 2.63. The summed E-state index contributed by atoms with van der Waals surface area (Å²) in [5.74, 6) is 0.864. The third kappa shape index (κ3) is 4.15. The maximum Gasteiger partial charge on any atom is 0.119 e. The molecule has 2 rings (SSSR count). The Labute approximate surface area is 148 Å². The summed E-state index contributed by atoms with van der Waals surface area (Å²) >= 11 is 3.56. The molecule has 0 saturated heterocycles. The minimum atomic E-state index is 0.00724. The molecule has 23 heavy (non-hydrogen) atoms. The smallest absolute Gasteiger partial charge is 0.119 e. The zero-order valence-electron chi connectivity index (χ0n) is 14.5. The van der Waals surface area contributed by atoms with Crippen molar-refractivity contribution in [3.8, 4) is 16.9 Å². The fraction of sp³-hybridized carbons (Fsp3) is 0.400. The predicted molar refractivity (Wildman–Crippen MR) is 100 cm³/mol. The van der Waals surface area contributed by atoms with Crippen molar-refractivity contribution >= 4 is 15.9 Å². The quantitative estimate of drug-likeness (QED) is 0.596. The third-order valence-corrected chi connectivity index (χ3v) is 4.60. The van der Waals surface area contributed by atoms with Gasteiger partial charge in [0.1, 0.15) is 5.75 Å². The van der Waals surface area contributed by atoms with Crippen molar-refractivity contribution in [2.75, 3.05) is 14.2 Å². The molecule has 2 aromatic rings. The lowest BCUT2D eigenvalue weighted by Crippen LogP contribution is -2.21. The second kappa shape index (κ2) is 7.50. The number of methoxy groups -OCH3 is 2. The first kappa shape index (κ1) is 18.0. The highest BCUT2D eigenvalue weighted by atomic mass is 79.9. The van der Waals surface area contributed by atoms with Crippen LogP contribution in [0.3, 0.4) is 0 Å². The summed E-state index contributed by atoms with van der Waals surface area (Å²) in [6.45, 7) is 6.62. The van der Waals surface area contributed by atoms with Crippen molar-refractivity contribution in [3.63, 3.8) is 0 Å². The molecule has 0 unspecified atom stereocenters. The van der Waals surface area contributed by atoms with Gasteiger partial charge in [-0.1, -0.05) is 67.0 Å². The van der Waals surface area contributed by atoms with Gasteiger partial charge in [0.05, 0.1) is 13.2 Å². The van der Waals surface area contributed by atoms with Gasteiger partial charge in [-0.2, -0.15) is 0 Å². The molecule has 0 N–H and O–H groups in total. The second-order valence-electron chi connectivity index (χ2n) is 6.77. The Kier molecular flexibility index (Phi) is 5.88. The van der Waals surface area contributed by atoms with Crippen LogP contribution in [0.25, 0.3) is 11.1 Å². The summed E-state index contributed by atoms with van der Waals surface area (Å²) in [7, 11) is 3.48. The van der Waals surface area contributed by atoms with Crippen molar-refractivity contribution in [2.45, 2.75) is 32.2 Å². The monoisotopic (exact) mass is 376 g/mol. The number of ether oxygens (including phenoxy) is 2. The number of hydrogen-bond acceptors (Lipinski definition) is 2. The highest BCUT2D eigenvalue weighted by Gasteiger charge is 2.28. The topological polar surface area (TPSA) is 18.5 Å². The molecule has 0 aliphatic rings. The van der Waals surface area contributed by atoms with Gasteiger partial charge < -0.3 is 9.47 Å². The molecule has 0 spiro atoms. The van der Waals surface area contributed by atoms with Crippen LogP contribution in [-0.2, 0) is 10.1 Å². The lowest BCUT2D eigenvalue weighted by Gasteiger charge is -2.31. The molecule has 0 saturated carbocycles. The molecule has 0 aromatic heterocycles. The van der Waals surface area contributed by atoms with Gasteiger partial charge >= 0.3 is 0 Å². The van der Waals surface area contributed by atoms with Gasteiger partial charge in [-0.05, 0) is 39.8 Å². The number of rotatable bonds is 5. The molecule has 0 aliphatic carbocycles. The molecule has 2 nitrogen and oxygen atoms in total. The Morgan fingerprint density at radius 2 is 1.78 bits per heavy atom. The van der Waals surface area contributed by atoms with Crippen LogP contribution in [0.15, 0.2) is 42.5 Å². The summed E-state index contributed by atoms with van der Waals surface area (Å²) in [6.07, 6.45) is 0.0164. The van der Waals surface area contributed by atoms with Crippen LogP contribution in [0, 0.1) is 5.41 Å². The van der Waals surface area contributed by atoms with Gasteiger partial charge in [-0.15, -0.1) is 0 Å². The molecule has 0 amide bonds. The summed E-state index contributed by atoms with van der Waals surface area (Å²) < 4.78 is 11.2. The van der Waals surface area contributed by atoms with Gasteiger partial charge in [0.25, 0.3) is 0 Å². The molecule has 1 atom stereocenters. The summed E-state index contributed by atoms with van der Waals surface area (Å²) in [4.78, 5) is 0. The fourth-order valence-electron chi connectivity index (χ4n) is 2.91. The van der Waals surface area contributed by atoms with Crippen LogP contribution in [0.2, 0.25) is 0 Å². The first-order valence-electron chi connectivity index (χ1n) is 7.76. The number of alkyl halides is 1. The number of benzene rings is 2. The van der Waals surface area contributed by atoms with Crippen LogP contribution in [0.1, 0.15) is 38.0 Å². The lowest BCUT2D eigenvalue weighted by molar-refractivity contribution is 0.0156. The van der Waals surface area contributed by atoms with E-state index in [0.29, 0.717) is 0 Å². The van der Waals surface area contributed by atoms with E-state index in [1.54, 1.807) is 14.2 Å². The van der Waals surface area contributed by atoms with E-state index >= 15 is 0 Å². The van der Waals surface area contributed by atoms with E-state index in [0.717, 1.165) is 16.6 Å². The highest BCUT2D eigenvalue weighted by molar-refractivity contribution is 9.08. The largest absolute Gasteiger partial charge is 0.497 e. The average molecular weight is 377 g/mol. The van der Waals surface area contributed by atoms with E-state index in [1.807, 2.05) is 12.1 Å². The van der Waals surface area contributed by atoms with Crippen molar-refractivity contribution in [3.05, 3.63) is 53.6 Å². The lowest BCUT2D eigenvalue weighted by atomic mass is 9.81. The summed E-state index contributed by atoms with van der Waals surface area (Å²) in [5.41, 5.74) is 4.80. The fourth-order valence-corrected chi connectivity index (χ4v) is 3.26. The van der Waals surface area contributed by atoms with Crippen molar-refractivity contribution in [1.82, 2.24) is 0 Å². The zero-order chi connectivity index (χ0) is 17.0. The van der Waals surface area contributed by atoms with E-state index in [-0.39, 0.29) is 11.5 Å². The summed E-state index contributed by atoms with van der Waals surface area (Å²) in [5, 5.41) is 0.832. The van der Waals surface area contributed by atoms with E-state index in [1.165, 1.54) is 16.7 Å². The number of halogens is 1. The van der Waals surface area contributed by atoms with Crippen LogP contribution in [0.5, 0.6) is 5.75 Å². The summed E-state index contributed by atoms with van der Waals surface area (Å²) in [6, 6.07) is 14.7. The molecule has 3 heteroatoms. The normalized spacial score (nSPS) is 13.0. The van der Waals surface area contributed by atoms with Gasteiger partial charge in [-0.25, -0.2) is 0 Å². The molecule has 2 aromatic carbocycles. The van der Waals surface area contributed by atoms with Crippen molar-refractivity contribution in [2.24, 2.45) is 5.41 Å². The van der Waals surface area contributed by atoms with Gasteiger partial charge in [0, 0.05) is 12.4 Å². The Hall–Kier alpha value is -1.32. The Morgan fingerprint density at radius 1 is 1.04 bits per heavy atom. The molecule has 0 bridgehead atoms. The maximum absolute atomic E-state index is 5.87. The molecular formula is C20H25BrO2. The van der Waals surface area contributed by atoms with Crippen molar-refractivity contribution < 1.29 is 9.47 Å².